The van der Waals surface area contributed by atoms with Crippen molar-refractivity contribution in [1.82, 2.24) is 15.0 Å². The van der Waals surface area contributed by atoms with Crippen LogP contribution in [0.4, 0.5) is 25.8 Å². The van der Waals surface area contributed by atoms with Crippen molar-refractivity contribution in [3.63, 3.8) is 0 Å². The Labute approximate surface area is 258 Å². The second kappa shape index (κ2) is 11.5. The molecule has 0 saturated carbocycles. The van der Waals surface area contributed by atoms with Crippen LogP contribution in [-0.2, 0) is 27.4 Å². The lowest BCUT2D eigenvalue weighted by Crippen LogP contribution is -2.39. The van der Waals surface area contributed by atoms with Gasteiger partial charge in [-0.1, -0.05) is 24.3 Å². The minimum absolute atomic E-state index is 0.0233. The standard InChI is InChI=1S/C33H31F2N5O4S/c1-38-18-25-23-15-20(19-45(3,43)44)9-11-27(23)40(29-12-10-21(34)16-26(29)35)28(24-17-36-32(31(24)25)33(38)42)13-14-30(41)37-39(2)22-7-5-4-6-8-22/h4-12,15-18,28,36H,13-14,19H2,1-3H3,(H,37,41). The minimum atomic E-state index is -3.39. The summed E-state index contributed by atoms with van der Waals surface area (Å²) in [5.41, 5.74) is 6.62. The monoisotopic (exact) mass is 631 g/mol. The van der Waals surface area contributed by atoms with Gasteiger partial charge in [-0.15, -0.1) is 0 Å². The predicted octanol–water partition coefficient (Wildman–Crippen LogP) is 5.50. The summed E-state index contributed by atoms with van der Waals surface area (Å²) >= 11 is 0. The van der Waals surface area contributed by atoms with E-state index in [0.29, 0.717) is 38.8 Å². The molecule has 1 aliphatic heterocycles. The summed E-state index contributed by atoms with van der Waals surface area (Å²) in [7, 11) is -0.0460. The van der Waals surface area contributed by atoms with Gasteiger partial charge in [0.05, 0.1) is 23.2 Å². The van der Waals surface area contributed by atoms with Gasteiger partial charge in [0.25, 0.3) is 5.56 Å². The molecular weight excluding hydrogens is 600 g/mol. The summed E-state index contributed by atoms with van der Waals surface area (Å²) in [6, 6.07) is 17.0. The van der Waals surface area contributed by atoms with E-state index in [9.17, 15) is 22.4 Å². The largest absolute Gasteiger partial charge is 0.356 e. The van der Waals surface area contributed by atoms with E-state index in [4.69, 9.17) is 0 Å². The van der Waals surface area contributed by atoms with E-state index in [1.807, 2.05) is 30.3 Å². The Kier molecular flexibility index (Phi) is 7.69. The summed E-state index contributed by atoms with van der Waals surface area (Å²) in [5, 5.41) is 2.20. The maximum Gasteiger partial charge on any atom is 0.274 e. The lowest BCUT2D eigenvalue weighted by Gasteiger charge is -2.34. The first kappa shape index (κ1) is 30.1. The summed E-state index contributed by atoms with van der Waals surface area (Å²) in [6.45, 7) is 0. The molecule has 1 aliphatic rings. The molecule has 3 heterocycles. The van der Waals surface area contributed by atoms with Gasteiger partial charge >= 0.3 is 0 Å². The predicted molar refractivity (Wildman–Crippen MR) is 171 cm³/mol. The molecule has 0 radical (unpaired) electrons. The van der Waals surface area contributed by atoms with Crippen molar-refractivity contribution in [2.45, 2.75) is 24.6 Å². The Hall–Kier alpha value is -4.97. The lowest BCUT2D eigenvalue weighted by atomic mass is 9.97. The number of anilines is 3. The molecule has 1 unspecified atom stereocenters. The fourth-order valence-electron chi connectivity index (χ4n) is 6.05. The molecule has 0 saturated heterocycles. The topological polar surface area (TPSA) is 108 Å². The van der Waals surface area contributed by atoms with Crippen molar-refractivity contribution in [3.8, 4) is 11.1 Å². The number of H-pyrrole nitrogens is 1. The molecule has 1 atom stereocenters. The van der Waals surface area contributed by atoms with Crippen LogP contribution in [0.3, 0.4) is 0 Å². The van der Waals surface area contributed by atoms with E-state index in [1.54, 1.807) is 54.6 Å². The van der Waals surface area contributed by atoms with E-state index in [0.717, 1.165) is 24.1 Å². The lowest BCUT2D eigenvalue weighted by molar-refractivity contribution is -0.121. The summed E-state index contributed by atoms with van der Waals surface area (Å²) < 4.78 is 55.7. The molecule has 6 rings (SSSR count). The summed E-state index contributed by atoms with van der Waals surface area (Å²) in [5.74, 6) is -2.07. The molecule has 0 aliphatic carbocycles. The van der Waals surface area contributed by atoms with Crippen LogP contribution in [0.1, 0.15) is 30.0 Å². The van der Waals surface area contributed by atoms with E-state index in [-0.39, 0.29) is 35.7 Å². The third-order valence-electron chi connectivity index (χ3n) is 8.00. The number of fused-ring (bicyclic) bond motifs is 2. The van der Waals surface area contributed by atoms with Gasteiger partial charge in [-0.05, 0) is 48.4 Å². The molecule has 5 aromatic rings. The minimum Gasteiger partial charge on any atom is -0.356 e. The Morgan fingerprint density at radius 3 is 2.47 bits per heavy atom. The number of nitrogens with zero attached hydrogens (tertiary/aromatic N) is 3. The van der Waals surface area contributed by atoms with Gasteiger partial charge in [0.15, 0.2) is 9.84 Å². The van der Waals surface area contributed by atoms with Gasteiger partial charge in [-0.2, -0.15) is 0 Å². The van der Waals surface area contributed by atoms with Crippen molar-refractivity contribution in [2.75, 3.05) is 23.2 Å². The maximum absolute atomic E-state index is 15.7. The number of pyridine rings is 1. The van der Waals surface area contributed by atoms with Crippen LogP contribution in [0.2, 0.25) is 0 Å². The SMILES string of the molecule is CN(NC(=O)CCC1c2c[nH]c3c(=O)n(C)cc(c23)-c2cc(CS(C)(=O)=O)ccc2N1c1ccc(F)cc1F)c1ccccc1. The highest BCUT2D eigenvalue weighted by Crippen LogP contribution is 2.50. The first-order valence-corrected chi connectivity index (χ1v) is 16.3. The number of benzene rings is 3. The number of para-hydroxylation sites is 1. The van der Waals surface area contributed by atoms with Crippen LogP contribution in [0.5, 0.6) is 0 Å². The first-order valence-electron chi connectivity index (χ1n) is 14.3. The van der Waals surface area contributed by atoms with E-state index < -0.39 is 27.5 Å². The average molecular weight is 632 g/mol. The number of amides is 1. The van der Waals surface area contributed by atoms with Crippen molar-refractivity contribution < 1.29 is 22.0 Å². The van der Waals surface area contributed by atoms with Crippen LogP contribution in [0, 0.1) is 11.6 Å². The molecule has 3 aromatic carbocycles. The van der Waals surface area contributed by atoms with Crippen LogP contribution in [0.15, 0.2) is 83.9 Å². The van der Waals surface area contributed by atoms with E-state index in [2.05, 4.69) is 10.4 Å². The Morgan fingerprint density at radius 1 is 1.02 bits per heavy atom. The second-order valence-electron chi connectivity index (χ2n) is 11.3. The number of aromatic nitrogens is 2. The fourth-order valence-corrected chi connectivity index (χ4v) is 6.84. The maximum atomic E-state index is 15.7. The highest BCUT2D eigenvalue weighted by Gasteiger charge is 2.34. The quantitative estimate of drug-likeness (QED) is 0.219. The van der Waals surface area contributed by atoms with E-state index in [1.165, 1.54) is 10.6 Å². The third-order valence-corrected chi connectivity index (χ3v) is 8.85. The Bertz CT molecular complexity index is 2110. The Balaban J connectivity index is 1.52. The number of rotatable bonds is 8. The van der Waals surface area contributed by atoms with Crippen LogP contribution in [0.25, 0.3) is 22.0 Å². The van der Waals surface area contributed by atoms with Gasteiger partial charge in [0.1, 0.15) is 17.2 Å². The van der Waals surface area contributed by atoms with Crippen LogP contribution >= 0.6 is 0 Å². The fraction of sp³-hybridized carbons (Fsp3) is 0.212. The first-order chi connectivity index (χ1) is 21.4. The number of carbonyl (C=O) groups is 1. The number of hydrogen-bond donors (Lipinski definition) is 2. The van der Waals surface area contributed by atoms with Gasteiger partial charge in [-0.25, -0.2) is 17.2 Å². The molecule has 2 aromatic heterocycles. The third kappa shape index (κ3) is 5.80. The highest BCUT2D eigenvalue weighted by atomic mass is 32.2. The molecule has 0 bridgehead atoms. The zero-order valence-electron chi connectivity index (χ0n) is 24.8. The van der Waals surface area contributed by atoms with Crippen molar-refractivity contribution in [3.05, 3.63) is 112 Å². The number of aryl methyl sites for hydroxylation is 1. The average Bonchev–Trinajstić information content (AvgIpc) is 3.39. The van der Waals surface area contributed by atoms with Crippen molar-refractivity contribution in [2.24, 2.45) is 7.05 Å². The molecule has 0 fully saturated rings. The number of halogens is 2. The zero-order chi connectivity index (χ0) is 32.0. The van der Waals surface area contributed by atoms with E-state index >= 15 is 4.39 Å². The van der Waals surface area contributed by atoms with Gasteiger partial charge < -0.3 is 14.5 Å². The van der Waals surface area contributed by atoms with Crippen molar-refractivity contribution in [1.29, 1.82) is 0 Å². The van der Waals surface area contributed by atoms with Crippen LogP contribution in [-0.4, -0.2) is 37.2 Å². The molecule has 2 N–H and O–H groups in total. The molecule has 232 valence electrons. The second-order valence-corrected chi connectivity index (χ2v) is 13.5. The summed E-state index contributed by atoms with van der Waals surface area (Å²) in [6.07, 6.45) is 4.72. The Morgan fingerprint density at radius 2 is 1.76 bits per heavy atom. The number of aromatic amines is 1. The molecular formula is C33H31F2N5O4S. The van der Waals surface area contributed by atoms with Gasteiger partial charge in [0.2, 0.25) is 5.91 Å². The normalized spacial score (nSPS) is 14.2. The van der Waals surface area contributed by atoms with Gasteiger partial charge in [0, 0.05) is 73.0 Å². The number of carbonyl (C=O) groups excluding carboxylic acids is 1. The zero-order valence-corrected chi connectivity index (χ0v) is 25.7. The smallest absolute Gasteiger partial charge is 0.274 e. The highest BCUT2D eigenvalue weighted by molar-refractivity contribution is 7.89. The molecule has 1 amide bonds. The molecule has 0 spiro atoms. The number of hydrazine groups is 1. The molecule has 45 heavy (non-hydrogen) atoms. The van der Waals surface area contributed by atoms with Gasteiger partial charge in [-0.3, -0.25) is 20.0 Å². The van der Waals surface area contributed by atoms with Crippen LogP contribution < -0.4 is 20.9 Å². The molecule has 9 nitrogen and oxygen atoms in total. The number of hydrogen-bond acceptors (Lipinski definition) is 6. The molecule has 12 heteroatoms. The summed E-state index contributed by atoms with van der Waals surface area (Å²) in [4.78, 5) is 31.3. The van der Waals surface area contributed by atoms with Crippen molar-refractivity contribution >= 4 is 43.7 Å². The number of nitrogens with one attached hydrogen (secondary N) is 2. The number of sulfone groups is 1.